The van der Waals surface area contributed by atoms with Gasteiger partial charge >= 0.3 is 0 Å². The summed E-state index contributed by atoms with van der Waals surface area (Å²) in [7, 11) is 0. The number of hydrogen-bond donors (Lipinski definition) is 0. The van der Waals surface area contributed by atoms with E-state index >= 15 is 0 Å². The Hall–Kier alpha value is -7.50. The normalized spacial score (nSPS) is 13.5. The van der Waals surface area contributed by atoms with E-state index in [4.69, 9.17) is 14.4 Å². The van der Waals surface area contributed by atoms with Gasteiger partial charge in [-0.25, -0.2) is 9.97 Å². The summed E-state index contributed by atoms with van der Waals surface area (Å²) in [4.78, 5) is 11.1. The Balaban J connectivity index is 1.18. The maximum atomic E-state index is 6.64. The van der Waals surface area contributed by atoms with E-state index in [0.29, 0.717) is 5.95 Å². The molecule has 0 radical (unpaired) electrons. The molecule has 0 aliphatic heterocycles. The van der Waals surface area contributed by atoms with Crippen LogP contribution in [0.1, 0.15) is 25.0 Å². The van der Waals surface area contributed by atoms with E-state index in [1.165, 1.54) is 49.4 Å². The second-order valence-electron chi connectivity index (χ2n) is 16.1. The average molecular weight is 743 g/mol. The van der Waals surface area contributed by atoms with Crippen LogP contribution >= 0.6 is 0 Å². The molecule has 8 aromatic carbocycles. The number of fused-ring (bicyclic) bond motifs is 14. The predicted molar refractivity (Wildman–Crippen MR) is 238 cm³/mol. The van der Waals surface area contributed by atoms with Crippen LogP contribution in [-0.4, -0.2) is 19.1 Å². The van der Waals surface area contributed by atoms with Crippen molar-refractivity contribution in [3.8, 4) is 34.0 Å². The molecule has 0 saturated heterocycles. The van der Waals surface area contributed by atoms with Gasteiger partial charge in [-0.2, -0.15) is 0 Å². The minimum Gasteiger partial charge on any atom is -0.455 e. The van der Waals surface area contributed by atoms with E-state index in [-0.39, 0.29) is 5.41 Å². The highest BCUT2D eigenvalue weighted by Gasteiger charge is 2.39. The third kappa shape index (κ3) is 4.09. The zero-order valence-electron chi connectivity index (χ0n) is 31.9. The fourth-order valence-corrected chi connectivity index (χ4v) is 10.2. The van der Waals surface area contributed by atoms with Crippen LogP contribution < -0.4 is 0 Å². The largest absolute Gasteiger partial charge is 0.455 e. The Kier molecular flexibility index (Phi) is 6.17. The van der Waals surface area contributed by atoms with Crippen molar-refractivity contribution in [2.75, 3.05) is 0 Å². The van der Waals surface area contributed by atoms with Gasteiger partial charge in [-0.1, -0.05) is 141 Å². The van der Waals surface area contributed by atoms with Crippen molar-refractivity contribution in [1.29, 1.82) is 0 Å². The molecule has 1 aliphatic rings. The van der Waals surface area contributed by atoms with Crippen molar-refractivity contribution in [2.45, 2.75) is 19.3 Å². The molecule has 4 heterocycles. The van der Waals surface area contributed by atoms with E-state index in [1.54, 1.807) is 0 Å². The summed E-state index contributed by atoms with van der Waals surface area (Å²) < 4.78 is 11.4. The van der Waals surface area contributed by atoms with Crippen molar-refractivity contribution in [1.82, 2.24) is 19.1 Å². The van der Waals surface area contributed by atoms with E-state index in [9.17, 15) is 0 Å². The number of hydrogen-bond acceptors (Lipinski definition) is 3. The molecule has 5 nitrogen and oxygen atoms in total. The lowest BCUT2D eigenvalue weighted by molar-refractivity contribution is 0.663. The van der Waals surface area contributed by atoms with Gasteiger partial charge < -0.3 is 8.98 Å². The van der Waals surface area contributed by atoms with Crippen LogP contribution in [0.3, 0.4) is 0 Å². The van der Waals surface area contributed by atoms with Gasteiger partial charge in [0, 0.05) is 54.4 Å². The van der Waals surface area contributed by atoms with E-state index in [1.807, 2.05) is 12.1 Å². The second kappa shape index (κ2) is 11.3. The molecule has 0 fully saturated rings. The van der Waals surface area contributed by atoms with Crippen LogP contribution in [0.15, 0.2) is 174 Å². The van der Waals surface area contributed by atoms with Gasteiger partial charge in [0.2, 0.25) is 5.95 Å². The third-order valence-corrected chi connectivity index (χ3v) is 12.7. The molecule has 4 aromatic heterocycles. The Bertz CT molecular complexity index is 3680. The van der Waals surface area contributed by atoms with Crippen molar-refractivity contribution in [2.24, 2.45) is 0 Å². The second-order valence-corrected chi connectivity index (χ2v) is 16.1. The van der Waals surface area contributed by atoms with E-state index in [2.05, 4.69) is 181 Å². The molecule has 12 aromatic rings. The lowest BCUT2D eigenvalue weighted by Crippen LogP contribution is -2.17. The zero-order chi connectivity index (χ0) is 38.3. The highest BCUT2D eigenvalue weighted by molar-refractivity contribution is 6.15. The molecular formula is C53H34N4O. The summed E-state index contributed by atoms with van der Waals surface area (Å²) in [6.07, 6.45) is 0. The number of nitrogens with zero attached hydrogens (tertiary/aromatic N) is 4. The first kappa shape index (κ1) is 31.7. The molecule has 0 saturated carbocycles. The highest BCUT2D eigenvalue weighted by Crippen LogP contribution is 2.53. The maximum Gasteiger partial charge on any atom is 0.235 e. The molecule has 0 N–H and O–H groups in total. The van der Waals surface area contributed by atoms with Crippen LogP contribution in [-0.2, 0) is 5.41 Å². The molecule has 0 spiro atoms. The van der Waals surface area contributed by atoms with Crippen molar-refractivity contribution < 1.29 is 4.42 Å². The summed E-state index contributed by atoms with van der Waals surface area (Å²) in [6.45, 7) is 4.72. The van der Waals surface area contributed by atoms with E-state index in [0.717, 1.165) is 66.2 Å². The van der Waals surface area contributed by atoms with Crippen LogP contribution in [0.4, 0.5) is 0 Å². The van der Waals surface area contributed by atoms with Gasteiger partial charge in [0.05, 0.1) is 33.3 Å². The van der Waals surface area contributed by atoms with Crippen LogP contribution in [0.5, 0.6) is 0 Å². The summed E-state index contributed by atoms with van der Waals surface area (Å²) in [5.41, 5.74) is 14.9. The third-order valence-electron chi connectivity index (χ3n) is 12.7. The van der Waals surface area contributed by atoms with Gasteiger partial charge in [0.25, 0.3) is 0 Å². The predicted octanol–water partition coefficient (Wildman–Crippen LogP) is 13.7. The number of para-hydroxylation sites is 5. The molecule has 58 heavy (non-hydrogen) atoms. The fourth-order valence-electron chi connectivity index (χ4n) is 10.2. The van der Waals surface area contributed by atoms with Crippen LogP contribution in [0, 0.1) is 0 Å². The highest BCUT2D eigenvalue weighted by atomic mass is 16.3. The molecule has 0 atom stereocenters. The fraction of sp³-hybridized carbons (Fsp3) is 0.0566. The standard InChI is InChI=1S/C53H34N4O/c1-53(2)42-21-8-3-14-32(42)37-28-29-38-35-27-26-31(56-44-23-10-5-15-33(44)34-16-6-11-24-45(34)56)30-46(35)57(50(38)48(37)53)52-54-43-22-9-4-18-40(43)49(55-52)41-20-13-19-39-36-17-7-12-25-47(36)58-51(39)41/h3-30H,1-2H3. The topological polar surface area (TPSA) is 48.8 Å². The Morgan fingerprint density at radius 3 is 1.93 bits per heavy atom. The van der Waals surface area contributed by atoms with Crippen LogP contribution in [0.25, 0.3) is 110 Å². The molecule has 0 amide bonds. The Labute approximate surface area is 333 Å². The van der Waals surface area contributed by atoms with Gasteiger partial charge in [-0.05, 0) is 64.7 Å². The first-order chi connectivity index (χ1) is 28.5. The number of furan rings is 1. The molecule has 0 bridgehead atoms. The minimum absolute atomic E-state index is 0.271. The lowest BCUT2D eigenvalue weighted by atomic mass is 9.81. The first-order valence-electron chi connectivity index (χ1n) is 19.9. The molecule has 272 valence electrons. The zero-order valence-corrected chi connectivity index (χ0v) is 31.9. The number of aromatic nitrogens is 4. The minimum atomic E-state index is -0.271. The first-order valence-corrected chi connectivity index (χ1v) is 19.9. The van der Waals surface area contributed by atoms with Crippen LogP contribution in [0.2, 0.25) is 0 Å². The number of benzene rings is 8. The quantitative estimate of drug-likeness (QED) is 0.181. The summed E-state index contributed by atoms with van der Waals surface area (Å²) >= 11 is 0. The van der Waals surface area contributed by atoms with Gasteiger partial charge in [-0.3, -0.25) is 4.57 Å². The monoisotopic (exact) mass is 742 g/mol. The lowest BCUT2D eigenvalue weighted by Gasteiger charge is -2.23. The van der Waals surface area contributed by atoms with Crippen molar-refractivity contribution in [3.05, 3.63) is 181 Å². The van der Waals surface area contributed by atoms with Crippen molar-refractivity contribution >= 4 is 76.5 Å². The molecule has 5 heteroatoms. The van der Waals surface area contributed by atoms with Crippen molar-refractivity contribution in [3.63, 3.8) is 0 Å². The van der Waals surface area contributed by atoms with Gasteiger partial charge in [0.15, 0.2) is 0 Å². The maximum absolute atomic E-state index is 6.64. The van der Waals surface area contributed by atoms with E-state index < -0.39 is 0 Å². The Morgan fingerprint density at radius 1 is 0.466 bits per heavy atom. The smallest absolute Gasteiger partial charge is 0.235 e. The molecular weight excluding hydrogens is 709 g/mol. The molecule has 13 rings (SSSR count). The molecule has 1 aliphatic carbocycles. The summed E-state index contributed by atoms with van der Waals surface area (Å²) in [5.74, 6) is 0.626. The summed E-state index contributed by atoms with van der Waals surface area (Å²) in [5, 5.41) is 7.95. The van der Waals surface area contributed by atoms with Gasteiger partial charge in [-0.15, -0.1) is 0 Å². The average Bonchev–Trinajstić information content (AvgIpc) is 3.98. The summed E-state index contributed by atoms with van der Waals surface area (Å²) in [6, 6.07) is 60.8. The Morgan fingerprint density at radius 2 is 1.10 bits per heavy atom. The number of rotatable bonds is 3. The van der Waals surface area contributed by atoms with Gasteiger partial charge in [0.1, 0.15) is 11.2 Å². The molecule has 0 unspecified atom stereocenters. The SMILES string of the molecule is CC1(C)c2ccccc2-c2ccc3c4ccc(-n5c6ccccc6c6ccccc65)cc4n(-c4nc(-c5cccc6c5oc5ccccc56)c5ccccc5n4)c3c21.